The summed E-state index contributed by atoms with van der Waals surface area (Å²) in [6.07, 6.45) is 4.62. The summed E-state index contributed by atoms with van der Waals surface area (Å²) in [5, 5.41) is 13.4. The first-order valence-electron chi connectivity index (χ1n) is 4.96. The van der Waals surface area contributed by atoms with Crippen molar-refractivity contribution in [2.45, 2.75) is 26.8 Å². The van der Waals surface area contributed by atoms with Crippen LogP contribution in [-0.4, -0.2) is 28.0 Å². The minimum atomic E-state index is -0.221. The highest BCUT2D eigenvalue weighted by Crippen LogP contribution is 2.19. The van der Waals surface area contributed by atoms with Gasteiger partial charge in [0.2, 0.25) is 0 Å². The number of hydrogen-bond acceptors (Lipinski definition) is 3. The first-order chi connectivity index (χ1) is 6.63. The molecule has 0 aliphatic carbocycles. The molecular weight excluding hydrogens is 178 g/mol. The van der Waals surface area contributed by atoms with Gasteiger partial charge in [0.25, 0.3) is 0 Å². The zero-order valence-electron chi connectivity index (χ0n) is 8.90. The second kappa shape index (κ2) is 4.57. The van der Waals surface area contributed by atoms with Gasteiger partial charge in [-0.2, -0.15) is 5.10 Å². The molecule has 0 fully saturated rings. The summed E-state index contributed by atoms with van der Waals surface area (Å²) in [5.41, 5.74) is 6.53. The van der Waals surface area contributed by atoms with Crippen LogP contribution in [0.15, 0.2) is 12.4 Å². The van der Waals surface area contributed by atoms with E-state index in [-0.39, 0.29) is 12.0 Å². The van der Waals surface area contributed by atoms with E-state index in [1.54, 1.807) is 0 Å². The average molecular weight is 197 g/mol. The molecule has 1 rings (SSSR count). The van der Waals surface area contributed by atoms with Gasteiger partial charge >= 0.3 is 0 Å². The first-order valence-corrected chi connectivity index (χ1v) is 4.96. The Morgan fingerprint density at radius 3 is 2.79 bits per heavy atom. The summed E-state index contributed by atoms with van der Waals surface area (Å²) in [4.78, 5) is 0. The molecular formula is C10H19N3O. The normalized spacial score (nSPS) is 15.4. The zero-order chi connectivity index (χ0) is 10.6. The van der Waals surface area contributed by atoms with Crippen molar-refractivity contribution in [1.82, 2.24) is 9.78 Å². The van der Waals surface area contributed by atoms with E-state index in [9.17, 15) is 5.11 Å². The molecule has 0 bridgehead atoms. The van der Waals surface area contributed by atoms with E-state index in [1.807, 2.05) is 30.9 Å². The lowest BCUT2D eigenvalue weighted by molar-refractivity contribution is 0.149. The molecule has 0 amide bonds. The van der Waals surface area contributed by atoms with Crippen LogP contribution in [0.1, 0.15) is 19.4 Å². The van der Waals surface area contributed by atoms with Crippen molar-refractivity contribution in [3.63, 3.8) is 0 Å². The third-order valence-corrected chi connectivity index (χ3v) is 2.52. The Labute approximate surface area is 84.7 Å². The van der Waals surface area contributed by atoms with Gasteiger partial charge in [-0.3, -0.25) is 4.68 Å². The molecule has 1 aromatic rings. The van der Waals surface area contributed by atoms with Crippen LogP contribution < -0.4 is 5.73 Å². The molecule has 0 saturated carbocycles. The molecule has 3 N–H and O–H groups in total. The molecule has 1 atom stereocenters. The fourth-order valence-electron chi connectivity index (χ4n) is 1.36. The number of aryl methyl sites for hydroxylation is 1. The molecule has 0 radical (unpaired) electrons. The van der Waals surface area contributed by atoms with E-state index in [2.05, 4.69) is 5.10 Å². The smallest absolute Gasteiger partial charge is 0.0521 e. The van der Waals surface area contributed by atoms with Crippen molar-refractivity contribution in [1.29, 1.82) is 0 Å². The Balaban J connectivity index is 2.67. The van der Waals surface area contributed by atoms with Gasteiger partial charge in [0.05, 0.1) is 6.20 Å². The Morgan fingerprint density at radius 1 is 1.64 bits per heavy atom. The van der Waals surface area contributed by atoms with Gasteiger partial charge in [0.1, 0.15) is 0 Å². The number of aromatic nitrogens is 2. The number of aliphatic hydroxyl groups is 1. The maximum atomic E-state index is 9.20. The predicted molar refractivity (Wildman–Crippen MR) is 55.9 cm³/mol. The van der Waals surface area contributed by atoms with Gasteiger partial charge in [-0.05, 0) is 18.9 Å². The molecule has 0 aromatic carbocycles. The average Bonchev–Trinajstić information content (AvgIpc) is 2.65. The molecule has 4 nitrogen and oxygen atoms in total. The van der Waals surface area contributed by atoms with Crippen molar-refractivity contribution in [3.8, 4) is 0 Å². The van der Waals surface area contributed by atoms with Crippen molar-refractivity contribution in [2.75, 3.05) is 13.2 Å². The van der Waals surface area contributed by atoms with E-state index < -0.39 is 0 Å². The van der Waals surface area contributed by atoms with Gasteiger partial charge in [0, 0.05) is 31.3 Å². The quantitative estimate of drug-likeness (QED) is 0.718. The van der Waals surface area contributed by atoms with E-state index in [4.69, 9.17) is 5.73 Å². The van der Waals surface area contributed by atoms with Crippen LogP contribution in [0.2, 0.25) is 0 Å². The minimum absolute atomic E-state index is 0.112. The second-order valence-electron chi connectivity index (χ2n) is 4.05. The Morgan fingerprint density at radius 2 is 2.36 bits per heavy atom. The molecule has 1 heterocycles. The number of rotatable bonds is 5. The SMILES string of the molecule is CCn1cc(CC(C)(CN)CO)cn1. The van der Waals surface area contributed by atoms with Crippen LogP contribution in [0, 0.1) is 5.41 Å². The molecule has 0 saturated heterocycles. The first kappa shape index (κ1) is 11.2. The number of hydrogen-bond donors (Lipinski definition) is 2. The monoisotopic (exact) mass is 197 g/mol. The molecule has 0 aliphatic rings. The van der Waals surface area contributed by atoms with Gasteiger partial charge in [-0.15, -0.1) is 0 Å². The van der Waals surface area contributed by atoms with E-state index in [1.165, 1.54) is 0 Å². The lowest BCUT2D eigenvalue weighted by Gasteiger charge is -2.24. The van der Waals surface area contributed by atoms with Crippen LogP contribution in [0.25, 0.3) is 0 Å². The molecule has 0 aliphatic heterocycles. The van der Waals surface area contributed by atoms with Gasteiger partial charge < -0.3 is 10.8 Å². The number of nitrogens with two attached hydrogens (primary N) is 1. The lowest BCUT2D eigenvalue weighted by atomic mass is 9.85. The van der Waals surface area contributed by atoms with Crippen molar-refractivity contribution in [3.05, 3.63) is 18.0 Å². The summed E-state index contributed by atoms with van der Waals surface area (Å²) in [7, 11) is 0. The highest BCUT2D eigenvalue weighted by atomic mass is 16.3. The zero-order valence-corrected chi connectivity index (χ0v) is 8.90. The molecule has 1 unspecified atom stereocenters. The van der Waals surface area contributed by atoms with Crippen molar-refractivity contribution < 1.29 is 5.11 Å². The predicted octanol–water partition coefficient (Wildman–Crippen LogP) is 0.403. The third-order valence-electron chi connectivity index (χ3n) is 2.52. The lowest BCUT2D eigenvalue weighted by Crippen LogP contribution is -2.33. The molecule has 0 spiro atoms. The minimum Gasteiger partial charge on any atom is -0.396 e. The van der Waals surface area contributed by atoms with Crippen LogP contribution in [0.4, 0.5) is 0 Å². The Bertz CT molecular complexity index is 279. The van der Waals surface area contributed by atoms with Crippen LogP contribution in [0.3, 0.4) is 0 Å². The standard InChI is InChI=1S/C10H19N3O/c1-3-13-6-9(5-12-13)4-10(2,7-11)8-14/h5-6,14H,3-4,7-8,11H2,1-2H3. The Kier molecular flexibility index (Phi) is 3.66. The molecule has 1 aromatic heterocycles. The summed E-state index contributed by atoms with van der Waals surface area (Å²) >= 11 is 0. The van der Waals surface area contributed by atoms with Gasteiger partial charge in [-0.1, -0.05) is 6.92 Å². The number of nitrogens with zero attached hydrogens (tertiary/aromatic N) is 2. The number of aliphatic hydroxyl groups excluding tert-OH is 1. The molecule has 4 heteroatoms. The van der Waals surface area contributed by atoms with E-state index in [0.717, 1.165) is 18.5 Å². The van der Waals surface area contributed by atoms with Crippen molar-refractivity contribution in [2.24, 2.45) is 11.1 Å². The van der Waals surface area contributed by atoms with Crippen LogP contribution in [-0.2, 0) is 13.0 Å². The summed E-state index contributed by atoms with van der Waals surface area (Å²) in [5.74, 6) is 0. The summed E-state index contributed by atoms with van der Waals surface area (Å²) in [6, 6.07) is 0. The van der Waals surface area contributed by atoms with Crippen molar-refractivity contribution >= 4 is 0 Å². The summed E-state index contributed by atoms with van der Waals surface area (Å²) in [6.45, 7) is 5.50. The van der Waals surface area contributed by atoms with Crippen LogP contribution in [0.5, 0.6) is 0 Å². The highest BCUT2D eigenvalue weighted by Gasteiger charge is 2.22. The van der Waals surface area contributed by atoms with Gasteiger partial charge in [-0.25, -0.2) is 0 Å². The van der Waals surface area contributed by atoms with Crippen LogP contribution >= 0.6 is 0 Å². The van der Waals surface area contributed by atoms with E-state index in [0.29, 0.717) is 6.54 Å². The maximum absolute atomic E-state index is 9.20. The molecule has 80 valence electrons. The molecule has 14 heavy (non-hydrogen) atoms. The third kappa shape index (κ3) is 2.56. The fraction of sp³-hybridized carbons (Fsp3) is 0.700. The highest BCUT2D eigenvalue weighted by molar-refractivity contribution is 5.07. The summed E-state index contributed by atoms with van der Waals surface area (Å²) < 4.78 is 1.88. The van der Waals surface area contributed by atoms with E-state index >= 15 is 0 Å². The topological polar surface area (TPSA) is 64.1 Å². The second-order valence-corrected chi connectivity index (χ2v) is 4.05. The Hall–Kier alpha value is -0.870. The maximum Gasteiger partial charge on any atom is 0.0521 e. The fourth-order valence-corrected chi connectivity index (χ4v) is 1.36. The largest absolute Gasteiger partial charge is 0.396 e. The van der Waals surface area contributed by atoms with Gasteiger partial charge in [0.15, 0.2) is 0 Å².